The molecule has 1 N–H and O–H groups in total. The lowest BCUT2D eigenvalue weighted by Crippen LogP contribution is -2.25. The van der Waals surface area contributed by atoms with Gasteiger partial charge in [-0.15, -0.1) is 0 Å². The number of ether oxygens (including phenoxy) is 1. The number of amides is 1. The summed E-state index contributed by atoms with van der Waals surface area (Å²) >= 11 is 3.38. The topological polar surface area (TPSA) is 51.2 Å². The maximum Gasteiger partial charge on any atom is 0.253 e. The van der Waals surface area contributed by atoms with E-state index >= 15 is 0 Å². The molecule has 0 spiro atoms. The van der Waals surface area contributed by atoms with Crippen molar-refractivity contribution in [3.63, 3.8) is 0 Å². The number of rotatable bonds is 4. The molecule has 0 atom stereocenters. The molecule has 5 heteroatoms. The number of nitrogens with one attached hydrogen (secondary N) is 1. The van der Waals surface area contributed by atoms with E-state index < -0.39 is 0 Å². The summed E-state index contributed by atoms with van der Waals surface area (Å²) in [6.07, 6.45) is 3.68. The standard InChI is InChI=1S/C15H13BrN2O2/c16-11-2-1-3-13(8-11)20-14-7-4-10(9-17-14)15(19)18-12-5-6-12/h1-4,7-9,12H,5-6H2,(H,18,19). The number of pyridine rings is 1. The molecule has 1 heterocycles. The molecule has 20 heavy (non-hydrogen) atoms. The van der Waals surface area contributed by atoms with Crippen LogP contribution in [0.3, 0.4) is 0 Å². The van der Waals surface area contributed by atoms with E-state index in [1.165, 1.54) is 6.20 Å². The van der Waals surface area contributed by atoms with Crippen LogP contribution in [0, 0.1) is 0 Å². The number of carbonyl (C=O) groups is 1. The zero-order chi connectivity index (χ0) is 13.9. The zero-order valence-corrected chi connectivity index (χ0v) is 12.3. The third-order valence-corrected chi connectivity index (χ3v) is 3.42. The quantitative estimate of drug-likeness (QED) is 0.931. The van der Waals surface area contributed by atoms with Crippen LogP contribution in [0.25, 0.3) is 0 Å². The van der Waals surface area contributed by atoms with Gasteiger partial charge in [0.05, 0.1) is 5.56 Å². The predicted molar refractivity (Wildman–Crippen MR) is 78.9 cm³/mol. The van der Waals surface area contributed by atoms with Crippen LogP contribution in [0.4, 0.5) is 0 Å². The summed E-state index contributed by atoms with van der Waals surface area (Å²) in [6.45, 7) is 0. The third kappa shape index (κ3) is 3.36. The van der Waals surface area contributed by atoms with Gasteiger partial charge in [0.25, 0.3) is 5.91 Å². The van der Waals surface area contributed by atoms with E-state index in [4.69, 9.17) is 4.74 Å². The minimum atomic E-state index is -0.0750. The maximum absolute atomic E-state index is 11.8. The van der Waals surface area contributed by atoms with Gasteiger partial charge in [0.1, 0.15) is 5.75 Å². The average molecular weight is 333 g/mol. The van der Waals surface area contributed by atoms with Crippen molar-refractivity contribution in [2.24, 2.45) is 0 Å². The van der Waals surface area contributed by atoms with Crippen LogP contribution in [0.15, 0.2) is 47.1 Å². The summed E-state index contributed by atoms with van der Waals surface area (Å²) in [6, 6.07) is 11.3. The lowest BCUT2D eigenvalue weighted by molar-refractivity contribution is 0.0950. The fraction of sp³-hybridized carbons (Fsp3) is 0.200. The molecule has 0 bridgehead atoms. The molecule has 2 aromatic rings. The van der Waals surface area contributed by atoms with E-state index in [1.807, 2.05) is 24.3 Å². The monoisotopic (exact) mass is 332 g/mol. The van der Waals surface area contributed by atoms with Crippen molar-refractivity contribution in [3.05, 3.63) is 52.6 Å². The van der Waals surface area contributed by atoms with Gasteiger partial charge in [-0.2, -0.15) is 0 Å². The molecule has 1 aromatic heterocycles. The van der Waals surface area contributed by atoms with E-state index in [2.05, 4.69) is 26.2 Å². The number of hydrogen-bond acceptors (Lipinski definition) is 3. The van der Waals surface area contributed by atoms with E-state index in [0.29, 0.717) is 23.2 Å². The van der Waals surface area contributed by atoms with Gasteiger partial charge in [-0.3, -0.25) is 4.79 Å². The number of nitrogens with zero attached hydrogens (tertiary/aromatic N) is 1. The molecular weight excluding hydrogens is 320 g/mol. The summed E-state index contributed by atoms with van der Waals surface area (Å²) in [5.41, 5.74) is 0.554. The minimum absolute atomic E-state index is 0.0750. The molecule has 1 aromatic carbocycles. The second-order valence-corrected chi connectivity index (χ2v) is 5.61. The number of aromatic nitrogens is 1. The highest BCUT2D eigenvalue weighted by Crippen LogP contribution is 2.23. The van der Waals surface area contributed by atoms with Gasteiger partial charge in [0.15, 0.2) is 0 Å². The Bertz CT molecular complexity index is 624. The van der Waals surface area contributed by atoms with Crippen LogP contribution in [0.5, 0.6) is 11.6 Å². The first kappa shape index (κ1) is 13.1. The first-order valence-electron chi connectivity index (χ1n) is 6.41. The highest BCUT2D eigenvalue weighted by molar-refractivity contribution is 9.10. The van der Waals surface area contributed by atoms with E-state index in [-0.39, 0.29) is 5.91 Å². The molecule has 1 aliphatic carbocycles. The Kier molecular flexibility index (Phi) is 3.69. The Balaban J connectivity index is 1.67. The number of carbonyl (C=O) groups excluding carboxylic acids is 1. The predicted octanol–water partition coefficient (Wildman–Crippen LogP) is 3.53. The van der Waals surface area contributed by atoms with Crippen LogP contribution in [0.2, 0.25) is 0 Å². The normalized spacial score (nSPS) is 13.8. The van der Waals surface area contributed by atoms with Crippen LogP contribution >= 0.6 is 15.9 Å². The molecule has 3 rings (SSSR count). The third-order valence-electron chi connectivity index (χ3n) is 2.93. The lowest BCUT2D eigenvalue weighted by Gasteiger charge is -2.06. The van der Waals surface area contributed by atoms with E-state index in [1.54, 1.807) is 12.1 Å². The molecule has 4 nitrogen and oxygen atoms in total. The van der Waals surface area contributed by atoms with Crippen LogP contribution in [0.1, 0.15) is 23.2 Å². The summed E-state index contributed by atoms with van der Waals surface area (Å²) in [4.78, 5) is 16.0. The van der Waals surface area contributed by atoms with E-state index in [9.17, 15) is 4.79 Å². The second-order valence-electron chi connectivity index (χ2n) is 4.69. The number of benzene rings is 1. The van der Waals surface area contributed by atoms with E-state index in [0.717, 1.165) is 17.3 Å². The van der Waals surface area contributed by atoms with Gasteiger partial charge < -0.3 is 10.1 Å². The van der Waals surface area contributed by atoms with Crippen molar-refractivity contribution < 1.29 is 9.53 Å². The molecule has 1 aliphatic rings. The van der Waals surface area contributed by atoms with Crippen molar-refractivity contribution in [3.8, 4) is 11.6 Å². The van der Waals surface area contributed by atoms with Crippen LogP contribution < -0.4 is 10.1 Å². The minimum Gasteiger partial charge on any atom is -0.439 e. The van der Waals surface area contributed by atoms with Crippen LogP contribution in [-0.4, -0.2) is 16.9 Å². The van der Waals surface area contributed by atoms with Crippen molar-refractivity contribution >= 4 is 21.8 Å². The molecule has 102 valence electrons. The highest BCUT2D eigenvalue weighted by atomic mass is 79.9. The Morgan fingerprint density at radius 3 is 2.80 bits per heavy atom. The zero-order valence-electron chi connectivity index (χ0n) is 10.7. The van der Waals surface area contributed by atoms with Gasteiger partial charge in [0, 0.05) is 22.8 Å². The second kappa shape index (κ2) is 5.63. The highest BCUT2D eigenvalue weighted by Gasteiger charge is 2.23. The fourth-order valence-electron chi connectivity index (χ4n) is 1.72. The smallest absolute Gasteiger partial charge is 0.253 e. The summed E-state index contributed by atoms with van der Waals surface area (Å²) in [5.74, 6) is 1.09. The van der Waals surface area contributed by atoms with Gasteiger partial charge in [-0.05, 0) is 37.1 Å². The summed E-state index contributed by atoms with van der Waals surface area (Å²) in [7, 11) is 0. The van der Waals surface area contributed by atoms with Gasteiger partial charge >= 0.3 is 0 Å². The SMILES string of the molecule is O=C(NC1CC1)c1ccc(Oc2cccc(Br)c2)nc1. The van der Waals surface area contributed by atoms with Gasteiger partial charge in [0.2, 0.25) is 5.88 Å². The first-order valence-corrected chi connectivity index (χ1v) is 7.20. The van der Waals surface area contributed by atoms with Gasteiger partial charge in [-0.25, -0.2) is 4.98 Å². The van der Waals surface area contributed by atoms with Crippen molar-refractivity contribution in [2.45, 2.75) is 18.9 Å². The summed E-state index contributed by atoms with van der Waals surface area (Å²) in [5, 5.41) is 2.92. The lowest BCUT2D eigenvalue weighted by atomic mass is 10.2. The Hall–Kier alpha value is -1.88. The Morgan fingerprint density at radius 2 is 2.15 bits per heavy atom. The molecule has 1 amide bonds. The van der Waals surface area contributed by atoms with Gasteiger partial charge in [-0.1, -0.05) is 22.0 Å². The molecule has 1 saturated carbocycles. The Labute approximate surface area is 125 Å². The molecule has 0 radical (unpaired) electrons. The fourth-order valence-corrected chi connectivity index (χ4v) is 2.10. The molecule has 0 aliphatic heterocycles. The summed E-state index contributed by atoms with van der Waals surface area (Å²) < 4.78 is 6.55. The van der Waals surface area contributed by atoms with Crippen molar-refractivity contribution in [2.75, 3.05) is 0 Å². The molecule has 1 fully saturated rings. The average Bonchev–Trinajstić information content (AvgIpc) is 3.23. The largest absolute Gasteiger partial charge is 0.439 e. The maximum atomic E-state index is 11.8. The van der Waals surface area contributed by atoms with Crippen molar-refractivity contribution in [1.82, 2.24) is 10.3 Å². The first-order chi connectivity index (χ1) is 9.70. The number of halogens is 1. The molecular formula is C15H13BrN2O2. The number of hydrogen-bond donors (Lipinski definition) is 1. The Morgan fingerprint density at radius 1 is 1.30 bits per heavy atom. The molecule has 0 saturated heterocycles. The van der Waals surface area contributed by atoms with Crippen molar-refractivity contribution in [1.29, 1.82) is 0 Å². The van der Waals surface area contributed by atoms with Crippen LogP contribution in [-0.2, 0) is 0 Å². The molecule has 0 unspecified atom stereocenters.